The molecule has 15 heavy (non-hydrogen) atoms. The molecular weight excluding hydrogens is 204 g/mol. The zero-order valence-electron chi connectivity index (χ0n) is 7.83. The third-order valence-electron chi connectivity index (χ3n) is 3.75. The van der Waals surface area contributed by atoms with Crippen molar-refractivity contribution in [3.8, 4) is 0 Å². The zero-order valence-corrected chi connectivity index (χ0v) is 7.83. The number of aliphatic hydroxyl groups excluding tert-OH is 2. The van der Waals surface area contributed by atoms with Crippen molar-refractivity contribution in [2.45, 2.75) is 30.7 Å². The van der Waals surface area contributed by atoms with E-state index in [1.165, 1.54) is 0 Å². The Balaban J connectivity index is 2.32. The summed E-state index contributed by atoms with van der Waals surface area (Å²) >= 11 is 0. The Morgan fingerprint density at radius 2 is 2.00 bits per heavy atom. The van der Waals surface area contributed by atoms with Gasteiger partial charge in [-0.15, -0.1) is 0 Å². The standard InChI is InChI=1S/C9H12O6/c10-3-8-2-9(15,7(13)14)1-4(8)5(11)6(8)12/h3-6,11-12,15H,1-2H2,(H,13,14). The molecule has 5 atom stereocenters. The predicted molar refractivity (Wildman–Crippen MR) is 45.8 cm³/mol. The highest BCUT2D eigenvalue weighted by molar-refractivity contribution is 5.80. The second-order valence-corrected chi connectivity index (χ2v) is 4.49. The molecule has 0 aromatic heterocycles. The molecule has 0 bridgehead atoms. The van der Waals surface area contributed by atoms with Gasteiger partial charge in [0.15, 0.2) is 5.60 Å². The molecule has 0 heterocycles. The number of fused-ring (bicyclic) bond motifs is 1. The van der Waals surface area contributed by atoms with Crippen LogP contribution in [0.5, 0.6) is 0 Å². The first kappa shape index (κ1) is 10.5. The van der Waals surface area contributed by atoms with E-state index < -0.39 is 35.1 Å². The Morgan fingerprint density at radius 3 is 2.40 bits per heavy atom. The van der Waals surface area contributed by atoms with Crippen LogP contribution in [0.3, 0.4) is 0 Å². The van der Waals surface area contributed by atoms with Crippen molar-refractivity contribution >= 4 is 12.3 Å². The Kier molecular flexibility index (Phi) is 1.95. The highest BCUT2D eigenvalue weighted by Crippen LogP contribution is 2.59. The number of hydrogen-bond acceptors (Lipinski definition) is 5. The largest absolute Gasteiger partial charge is 0.479 e. The van der Waals surface area contributed by atoms with Crippen LogP contribution in [-0.4, -0.2) is 50.5 Å². The third-order valence-corrected chi connectivity index (χ3v) is 3.75. The first-order valence-electron chi connectivity index (χ1n) is 4.66. The minimum Gasteiger partial charge on any atom is -0.479 e. The van der Waals surface area contributed by atoms with Gasteiger partial charge in [0.1, 0.15) is 6.29 Å². The SMILES string of the molecule is O=CC12CC(O)(C(=O)O)CC1C(O)C2O. The van der Waals surface area contributed by atoms with Crippen LogP contribution in [0.2, 0.25) is 0 Å². The van der Waals surface area contributed by atoms with Crippen LogP contribution in [0.4, 0.5) is 0 Å². The summed E-state index contributed by atoms with van der Waals surface area (Å²) in [6.45, 7) is 0. The summed E-state index contributed by atoms with van der Waals surface area (Å²) < 4.78 is 0. The number of aliphatic hydroxyl groups is 3. The Morgan fingerprint density at radius 1 is 1.40 bits per heavy atom. The number of carboxylic acid groups (broad SMARTS) is 1. The molecule has 2 fully saturated rings. The fraction of sp³-hybridized carbons (Fsp3) is 0.778. The van der Waals surface area contributed by atoms with Crippen LogP contribution in [0.25, 0.3) is 0 Å². The van der Waals surface area contributed by atoms with E-state index in [0.717, 1.165) is 0 Å². The van der Waals surface area contributed by atoms with Gasteiger partial charge in [0.25, 0.3) is 0 Å². The second kappa shape index (κ2) is 2.78. The van der Waals surface area contributed by atoms with Gasteiger partial charge in [0.05, 0.1) is 17.6 Å². The van der Waals surface area contributed by atoms with Gasteiger partial charge in [-0.3, -0.25) is 0 Å². The third kappa shape index (κ3) is 1.04. The predicted octanol–water partition coefficient (Wildman–Crippen LogP) is -1.87. The molecule has 0 amide bonds. The number of carbonyl (C=O) groups excluding carboxylic acids is 1. The Labute approximate surface area is 85.1 Å². The fourth-order valence-corrected chi connectivity index (χ4v) is 2.81. The molecule has 84 valence electrons. The lowest BCUT2D eigenvalue weighted by Crippen LogP contribution is -2.62. The van der Waals surface area contributed by atoms with Gasteiger partial charge in [-0.25, -0.2) is 4.79 Å². The highest BCUT2D eigenvalue weighted by atomic mass is 16.4. The Bertz CT molecular complexity index is 329. The van der Waals surface area contributed by atoms with E-state index in [4.69, 9.17) is 5.11 Å². The summed E-state index contributed by atoms with van der Waals surface area (Å²) in [5, 5.41) is 37.3. The average molecular weight is 216 g/mol. The number of rotatable bonds is 2. The van der Waals surface area contributed by atoms with Gasteiger partial charge in [-0.05, 0) is 6.42 Å². The quantitative estimate of drug-likeness (QED) is 0.402. The van der Waals surface area contributed by atoms with Gasteiger partial charge in [0.2, 0.25) is 0 Å². The minimum absolute atomic E-state index is 0.195. The molecular formula is C9H12O6. The molecule has 4 N–H and O–H groups in total. The molecule has 0 spiro atoms. The minimum atomic E-state index is -2.01. The lowest BCUT2D eigenvalue weighted by atomic mass is 9.58. The summed E-state index contributed by atoms with van der Waals surface area (Å²) in [6.07, 6.45) is -2.46. The molecule has 0 aromatic carbocycles. The summed E-state index contributed by atoms with van der Waals surface area (Å²) in [6, 6.07) is 0. The van der Waals surface area contributed by atoms with Crippen LogP contribution >= 0.6 is 0 Å². The van der Waals surface area contributed by atoms with E-state index in [9.17, 15) is 24.9 Å². The van der Waals surface area contributed by atoms with Crippen molar-refractivity contribution in [2.75, 3.05) is 0 Å². The monoisotopic (exact) mass is 216 g/mol. The number of carboxylic acids is 1. The van der Waals surface area contributed by atoms with Gasteiger partial charge < -0.3 is 25.2 Å². The van der Waals surface area contributed by atoms with Crippen molar-refractivity contribution in [3.05, 3.63) is 0 Å². The van der Waals surface area contributed by atoms with Gasteiger partial charge in [0, 0.05) is 12.3 Å². The van der Waals surface area contributed by atoms with Crippen LogP contribution in [-0.2, 0) is 9.59 Å². The van der Waals surface area contributed by atoms with Crippen LogP contribution in [0.1, 0.15) is 12.8 Å². The van der Waals surface area contributed by atoms with E-state index in [-0.39, 0.29) is 12.8 Å². The first-order chi connectivity index (χ1) is 6.87. The summed E-state index contributed by atoms with van der Waals surface area (Å²) in [5.74, 6) is -2.08. The normalized spacial score (nSPS) is 53.1. The van der Waals surface area contributed by atoms with E-state index in [1.54, 1.807) is 0 Å². The lowest BCUT2D eigenvalue weighted by Gasteiger charge is -2.49. The topological polar surface area (TPSA) is 115 Å². The van der Waals surface area contributed by atoms with Gasteiger partial charge in [-0.2, -0.15) is 0 Å². The number of aldehydes is 1. The molecule has 0 saturated heterocycles. The van der Waals surface area contributed by atoms with Crippen molar-refractivity contribution in [3.63, 3.8) is 0 Å². The van der Waals surface area contributed by atoms with Crippen molar-refractivity contribution in [1.29, 1.82) is 0 Å². The molecule has 6 nitrogen and oxygen atoms in total. The average Bonchev–Trinajstić information content (AvgIpc) is 2.50. The number of hydrogen-bond donors (Lipinski definition) is 4. The summed E-state index contributed by atoms with van der Waals surface area (Å²) in [4.78, 5) is 21.7. The Hall–Kier alpha value is -0.980. The second-order valence-electron chi connectivity index (χ2n) is 4.49. The molecule has 5 unspecified atom stereocenters. The summed E-state index contributed by atoms with van der Waals surface area (Å²) in [5.41, 5.74) is -3.30. The highest BCUT2D eigenvalue weighted by Gasteiger charge is 2.71. The molecule has 6 heteroatoms. The summed E-state index contributed by atoms with van der Waals surface area (Å²) in [7, 11) is 0. The van der Waals surface area contributed by atoms with E-state index >= 15 is 0 Å². The van der Waals surface area contributed by atoms with E-state index in [1.807, 2.05) is 0 Å². The van der Waals surface area contributed by atoms with Crippen molar-refractivity contribution < 1.29 is 30.0 Å². The molecule has 2 aliphatic rings. The molecule has 0 aromatic rings. The van der Waals surface area contributed by atoms with Crippen molar-refractivity contribution in [2.24, 2.45) is 11.3 Å². The number of carbonyl (C=O) groups is 2. The molecule has 0 aliphatic heterocycles. The molecule has 2 aliphatic carbocycles. The van der Waals surface area contributed by atoms with Crippen molar-refractivity contribution in [1.82, 2.24) is 0 Å². The van der Waals surface area contributed by atoms with Crippen LogP contribution < -0.4 is 0 Å². The number of aliphatic carboxylic acids is 1. The zero-order chi connectivity index (χ0) is 11.4. The maximum absolute atomic E-state index is 10.9. The first-order valence-corrected chi connectivity index (χ1v) is 4.66. The van der Waals surface area contributed by atoms with Crippen LogP contribution in [0.15, 0.2) is 0 Å². The molecule has 0 radical (unpaired) electrons. The maximum Gasteiger partial charge on any atom is 0.335 e. The molecule has 2 saturated carbocycles. The van der Waals surface area contributed by atoms with E-state index in [0.29, 0.717) is 6.29 Å². The van der Waals surface area contributed by atoms with E-state index in [2.05, 4.69) is 0 Å². The maximum atomic E-state index is 10.9. The smallest absolute Gasteiger partial charge is 0.335 e. The van der Waals surface area contributed by atoms with Crippen LogP contribution in [0, 0.1) is 11.3 Å². The molecule has 2 rings (SSSR count). The lowest BCUT2D eigenvalue weighted by molar-refractivity contribution is -0.195. The van der Waals surface area contributed by atoms with Gasteiger partial charge >= 0.3 is 5.97 Å². The fourth-order valence-electron chi connectivity index (χ4n) is 2.81. The van der Waals surface area contributed by atoms with Gasteiger partial charge in [-0.1, -0.05) is 0 Å².